The number of hydrogen-bond acceptors (Lipinski definition) is 8. The fraction of sp³-hybridized carbons (Fsp3) is 0.375. The van der Waals surface area contributed by atoms with E-state index in [9.17, 15) is 13.2 Å². The Hall–Kier alpha value is -3.93. The molecule has 2 aliphatic heterocycles. The molecular weight excluding hydrogens is 562 g/mol. The van der Waals surface area contributed by atoms with E-state index in [-0.39, 0.29) is 5.91 Å². The summed E-state index contributed by atoms with van der Waals surface area (Å²) in [7, 11) is -0.329. The van der Waals surface area contributed by atoms with Crippen LogP contribution >= 0.6 is 0 Å². The maximum Gasteiger partial charge on any atom is 0.269 e. The number of nitrogens with one attached hydrogen (secondary N) is 2. The summed E-state index contributed by atoms with van der Waals surface area (Å²) in [5.74, 6) is 0.933. The number of pyridine rings is 1. The summed E-state index contributed by atoms with van der Waals surface area (Å²) in [5.41, 5.74) is 6.17. The first kappa shape index (κ1) is 29.2. The van der Waals surface area contributed by atoms with Gasteiger partial charge in [0.1, 0.15) is 17.8 Å². The molecule has 10 nitrogen and oxygen atoms in total. The SMILES string of the molecule is CNC(=O)c1cc(-c2cc(C)c3ncnc(N4CCc5ccc(S(=O)(=O)N(C)CC6CCNCC6)cc5C4)c3c2)ccn1. The average molecular weight is 600 g/mol. The number of hydrogen-bond donors (Lipinski definition) is 2. The molecule has 0 atom stereocenters. The number of carbonyl (C=O) groups is 1. The fourth-order valence-electron chi connectivity index (χ4n) is 6.19. The van der Waals surface area contributed by atoms with E-state index in [0.29, 0.717) is 29.6 Å². The molecule has 2 aliphatic rings. The van der Waals surface area contributed by atoms with Crippen LogP contribution in [-0.4, -0.2) is 73.9 Å². The lowest BCUT2D eigenvalue weighted by molar-refractivity contribution is 0.0958. The summed E-state index contributed by atoms with van der Waals surface area (Å²) >= 11 is 0. The average Bonchev–Trinajstić information content (AvgIpc) is 3.04. The van der Waals surface area contributed by atoms with Crippen molar-refractivity contribution >= 4 is 32.7 Å². The van der Waals surface area contributed by atoms with Gasteiger partial charge in [-0.15, -0.1) is 0 Å². The Bertz CT molecular complexity index is 1790. The van der Waals surface area contributed by atoms with Gasteiger partial charge in [0.2, 0.25) is 10.0 Å². The summed E-state index contributed by atoms with van der Waals surface area (Å²) in [4.78, 5) is 28.2. The third kappa shape index (κ3) is 5.84. The Labute approximate surface area is 252 Å². The lowest BCUT2D eigenvalue weighted by Crippen LogP contribution is -2.37. The monoisotopic (exact) mass is 599 g/mol. The maximum atomic E-state index is 13.6. The van der Waals surface area contributed by atoms with Gasteiger partial charge in [-0.25, -0.2) is 22.7 Å². The third-order valence-corrected chi connectivity index (χ3v) is 10.5. The smallest absolute Gasteiger partial charge is 0.269 e. The fourth-order valence-corrected chi connectivity index (χ4v) is 7.49. The van der Waals surface area contributed by atoms with Crippen LogP contribution in [0.3, 0.4) is 0 Å². The maximum absolute atomic E-state index is 13.6. The number of anilines is 1. The van der Waals surface area contributed by atoms with E-state index in [0.717, 1.165) is 83.4 Å². The van der Waals surface area contributed by atoms with Gasteiger partial charge in [0.05, 0.1) is 10.4 Å². The molecule has 0 spiro atoms. The molecule has 0 aliphatic carbocycles. The zero-order valence-corrected chi connectivity index (χ0v) is 25.6. The number of benzene rings is 2. The van der Waals surface area contributed by atoms with Crippen molar-refractivity contribution in [2.75, 3.05) is 45.2 Å². The minimum atomic E-state index is -3.61. The zero-order chi connectivity index (χ0) is 30.1. The molecule has 0 radical (unpaired) electrons. The number of aromatic nitrogens is 3. The van der Waals surface area contributed by atoms with E-state index in [1.165, 1.54) is 4.31 Å². The van der Waals surface area contributed by atoms with Gasteiger partial charge >= 0.3 is 0 Å². The van der Waals surface area contributed by atoms with Crippen molar-refractivity contribution in [1.29, 1.82) is 0 Å². The Morgan fingerprint density at radius 1 is 1.05 bits per heavy atom. The highest BCUT2D eigenvalue weighted by Crippen LogP contribution is 2.34. The Balaban J connectivity index is 1.31. The van der Waals surface area contributed by atoms with Crippen molar-refractivity contribution in [3.8, 4) is 11.1 Å². The molecule has 2 aromatic carbocycles. The van der Waals surface area contributed by atoms with Gasteiger partial charge in [0.15, 0.2) is 0 Å². The summed E-state index contributed by atoms with van der Waals surface area (Å²) in [6.45, 7) is 5.72. The first-order valence-corrected chi connectivity index (χ1v) is 16.2. The molecule has 2 aromatic heterocycles. The largest absolute Gasteiger partial charge is 0.354 e. The number of fused-ring (bicyclic) bond motifs is 2. The number of carbonyl (C=O) groups excluding carboxylic acids is 1. The van der Waals surface area contributed by atoms with Crippen molar-refractivity contribution in [3.63, 3.8) is 0 Å². The zero-order valence-electron chi connectivity index (χ0n) is 24.8. The molecule has 43 heavy (non-hydrogen) atoms. The lowest BCUT2D eigenvalue weighted by atomic mass is 9.98. The number of rotatable bonds is 7. The van der Waals surface area contributed by atoms with E-state index in [1.54, 1.807) is 38.8 Å². The Kier molecular flexibility index (Phi) is 8.13. The minimum absolute atomic E-state index is 0.241. The summed E-state index contributed by atoms with van der Waals surface area (Å²) in [6, 6.07) is 13.3. The van der Waals surface area contributed by atoms with Gasteiger partial charge < -0.3 is 15.5 Å². The molecule has 1 fully saturated rings. The van der Waals surface area contributed by atoms with Crippen LogP contribution in [0.2, 0.25) is 0 Å². The van der Waals surface area contributed by atoms with Gasteiger partial charge in [-0.3, -0.25) is 9.78 Å². The second-order valence-electron chi connectivity index (χ2n) is 11.5. The van der Waals surface area contributed by atoms with E-state index < -0.39 is 10.0 Å². The first-order chi connectivity index (χ1) is 20.7. The molecule has 1 saturated heterocycles. The van der Waals surface area contributed by atoms with Gasteiger partial charge in [-0.05, 0) is 109 Å². The standard InChI is InChI=1S/C32H37N7O3S/c1-21-14-25(24-8-12-35-29(17-24)32(40)33-2)16-28-30(21)36-20-37-31(28)39-13-9-23-4-5-27(15-26(23)19-39)43(41,42)38(3)18-22-6-10-34-11-7-22/h4-5,8,12,14-17,20,22,34H,6-7,9-11,13,18-19H2,1-3H3,(H,33,40). The highest BCUT2D eigenvalue weighted by atomic mass is 32.2. The van der Waals surface area contributed by atoms with Crippen molar-refractivity contribution in [1.82, 2.24) is 29.9 Å². The summed E-state index contributed by atoms with van der Waals surface area (Å²) < 4.78 is 28.6. The highest BCUT2D eigenvalue weighted by Gasteiger charge is 2.27. The van der Waals surface area contributed by atoms with E-state index in [1.807, 2.05) is 25.1 Å². The van der Waals surface area contributed by atoms with Crippen molar-refractivity contribution in [2.24, 2.45) is 5.92 Å². The normalized spacial score (nSPS) is 16.0. The van der Waals surface area contributed by atoms with Crippen molar-refractivity contribution < 1.29 is 13.2 Å². The molecule has 4 heterocycles. The molecule has 1 amide bonds. The second kappa shape index (κ2) is 12.0. The number of amides is 1. The van der Waals surface area contributed by atoms with Crippen LogP contribution < -0.4 is 15.5 Å². The molecular formula is C32H37N7O3S. The first-order valence-electron chi connectivity index (χ1n) is 14.7. The van der Waals surface area contributed by atoms with E-state index >= 15 is 0 Å². The topological polar surface area (TPSA) is 120 Å². The van der Waals surface area contributed by atoms with Crippen LogP contribution in [-0.2, 0) is 23.0 Å². The number of piperidine rings is 1. The predicted molar refractivity (Wildman–Crippen MR) is 168 cm³/mol. The number of nitrogens with zero attached hydrogens (tertiary/aromatic N) is 5. The van der Waals surface area contributed by atoms with Crippen LogP contribution in [0, 0.1) is 12.8 Å². The molecule has 2 N–H and O–H groups in total. The minimum Gasteiger partial charge on any atom is -0.354 e. The van der Waals surface area contributed by atoms with Crippen LogP contribution in [0.15, 0.2) is 59.9 Å². The highest BCUT2D eigenvalue weighted by molar-refractivity contribution is 7.89. The number of sulfonamides is 1. The molecule has 0 bridgehead atoms. The quantitative estimate of drug-likeness (QED) is 0.331. The van der Waals surface area contributed by atoms with Crippen LogP contribution in [0.5, 0.6) is 0 Å². The van der Waals surface area contributed by atoms with Gasteiger partial charge in [0.25, 0.3) is 5.91 Å². The molecule has 0 unspecified atom stereocenters. The molecule has 0 saturated carbocycles. The molecule has 6 rings (SSSR count). The summed E-state index contributed by atoms with van der Waals surface area (Å²) in [5, 5.41) is 6.88. The van der Waals surface area contributed by atoms with Crippen molar-refractivity contribution in [3.05, 3.63) is 77.4 Å². The van der Waals surface area contributed by atoms with Crippen LogP contribution in [0.1, 0.15) is 40.0 Å². The molecule has 4 aromatic rings. The van der Waals surface area contributed by atoms with Gasteiger partial charge in [-0.2, -0.15) is 0 Å². The third-order valence-electron chi connectivity index (χ3n) is 8.63. The van der Waals surface area contributed by atoms with Crippen LogP contribution in [0.4, 0.5) is 5.82 Å². The summed E-state index contributed by atoms with van der Waals surface area (Å²) in [6.07, 6.45) is 5.99. The van der Waals surface area contributed by atoms with Gasteiger partial charge in [0, 0.05) is 45.3 Å². The Morgan fingerprint density at radius 3 is 2.65 bits per heavy atom. The van der Waals surface area contributed by atoms with E-state index in [2.05, 4.69) is 37.6 Å². The van der Waals surface area contributed by atoms with Crippen molar-refractivity contribution in [2.45, 2.75) is 37.6 Å². The predicted octanol–water partition coefficient (Wildman–Crippen LogP) is 3.54. The number of aryl methyl sites for hydroxylation is 1. The van der Waals surface area contributed by atoms with Crippen LogP contribution in [0.25, 0.3) is 22.0 Å². The van der Waals surface area contributed by atoms with Gasteiger partial charge in [-0.1, -0.05) is 6.07 Å². The lowest BCUT2D eigenvalue weighted by Gasteiger charge is -2.31. The van der Waals surface area contributed by atoms with E-state index in [4.69, 9.17) is 4.98 Å². The second-order valence-corrected chi connectivity index (χ2v) is 13.5. The Morgan fingerprint density at radius 2 is 1.86 bits per heavy atom. The molecule has 11 heteroatoms. The molecule has 224 valence electrons.